The van der Waals surface area contributed by atoms with Crippen LogP contribution in [-0.4, -0.2) is 19.5 Å². The number of nitrogens with one attached hydrogen (secondary N) is 2. The number of hydrogen-bond acceptors (Lipinski definition) is 2. The molecule has 0 saturated carbocycles. The van der Waals surface area contributed by atoms with E-state index in [1.807, 2.05) is 0 Å². The molecule has 116 valence electrons. The predicted molar refractivity (Wildman–Crippen MR) is 78.5 cm³/mol. The van der Waals surface area contributed by atoms with E-state index in [-0.39, 0.29) is 5.52 Å². The van der Waals surface area contributed by atoms with Crippen LogP contribution in [0.1, 0.15) is 5.56 Å². The van der Waals surface area contributed by atoms with Gasteiger partial charge < -0.3 is 9.97 Å². The van der Waals surface area contributed by atoms with E-state index in [1.165, 1.54) is 17.0 Å². The smallest absolute Gasteiger partial charge is 0.345 e. The highest BCUT2D eigenvalue weighted by Gasteiger charge is 2.31. The van der Waals surface area contributed by atoms with Crippen LogP contribution < -0.4 is 5.69 Å². The van der Waals surface area contributed by atoms with Gasteiger partial charge in [0.05, 0.1) is 39.6 Å². The molecule has 0 atom stereocenters. The van der Waals surface area contributed by atoms with Gasteiger partial charge in [0.15, 0.2) is 0 Å². The lowest BCUT2D eigenvalue weighted by Gasteiger charge is -2.07. The number of nitrogens with zero attached hydrogens (tertiary/aromatic N) is 2. The highest BCUT2D eigenvalue weighted by atomic mass is 19.4. The second kappa shape index (κ2) is 4.48. The largest absolute Gasteiger partial charge is 0.416 e. The molecule has 4 aromatic rings. The molecule has 0 fully saturated rings. The summed E-state index contributed by atoms with van der Waals surface area (Å²) in [4.78, 5) is 21.7. The minimum absolute atomic E-state index is 0.134. The molecule has 0 saturated heterocycles. The Morgan fingerprint density at radius 1 is 1.04 bits per heavy atom. The summed E-state index contributed by atoms with van der Waals surface area (Å²) in [5, 5.41) is 0. The number of hydrogen-bond donors (Lipinski definition) is 2. The third-order valence-corrected chi connectivity index (χ3v) is 3.67. The molecule has 2 aromatic carbocycles. The number of rotatable bonds is 1. The summed E-state index contributed by atoms with van der Waals surface area (Å²) in [5.41, 5.74) is 1.21. The van der Waals surface area contributed by atoms with Crippen molar-refractivity contribution in [1.29, 1.82) is 0 Å². The number of imidazole rings is 2. The van der Waals surface area contributed by atoms with E-state index in [2.05, 4.69) is 15.0 Å². The lowest BCUT2D eigenvalue weighted by Crippen LogP contribution is -2.14. The number of aromatic nitrogens is 4. The Morgan fingerprint density at radius 3 is 2.65 bits per heavy atom. The maximum atomic E-state index is 12.8. The van der Waals surface area contributed by atoms with Gasteiger partial charge in [0, 0.05) is 0 Å². The third kappa shape index (κ3) is 2.10. The zero-order chi connectivity index (χ0) is 16.2. The van der Waals surface area contributed by atoms with Gasteiger partial charge in [-0.05, 0) is 36.4 Å². The first kappa shape index (κ1) is 13.6. The van der Waals surface area contributed by atoms with Crippen LogP contribution in [0.2, 0.25) is 0 Å². The maximum absolute atomic E-state index is 12.8. The van der Waals surface area contributed by atoms with Crippen molar-refractivity contribution in [2.24, 2.45) is 0 Å². The lowest BCUT2D eigenvalue weighted by atomic mass is 10.2. The van der Waals surface area contributed by atoms with E-state index >= 15 is 0 Å². The van der Waals surface area contributed by atoms with Crippen LogP contribution in [0.15, 0.2) is 47.5 Å². The molecule has 0 aliphatic heterocycles. The van der Waals surface area contributed by atoms with Crippen LogP contribution in [0.5, 0.6) is 0 Å². The van der Waals surface area contributed by atoms with Gasteiger partial charge in [-0.2, -0.15) is 13.2 Å². The normalized spacial score (nSPS) is 12.3. The van der Waals surface area contributed by atoms with Crippen LogP contribution in [0.3, 0.4) is 0 Å². The summed E-state index contributed by atoms with van der Waals surface area (Å²) < 4.78 is 39.7. The van der Waals surface area contributed by atoms with Crippen LogP contribution in [-0.2, 0) is 6.18 Å². The second-order valence-corrected chi connectivity index (χ2v) is 5.10. The molecular formula is C15H9F3N4O. The Hall–Kier alpha value is -3.03. The number of fused-ring (bicyclic) bond motifs is 2. The summed E-state index contributed by atoms with van der Waals surface area (Å²) in [6, 6.07) is 8.32. The molecule has 0 bridgehead atoms. The van der Waals surface area contributed by atoms with Crippen molar-refractivity contribution in [2.45, 2.75) is 6.18 Å². The first-order valence-corrected chi connectivity index (χ1v) is 6.69. The number of benzene rings is 2. The number of H-pyrrole nitrogens is 2. The Balaban J connectivity index is 1.96. The molecule has 5 nitrogen and oxygen atoms in total. The van der Waals surface area contributed by atoms with Crippen molar-refractivity contribution >= 4 is 22.1 Å². The molecule has 23 heavy (non-hydrogen) atoms. The molecular weight excluding hydrogens is 309 g/mol. The Labute approximate surface area is 126 Å². The van der Waals surface area contributed by atoms with Crippen molar-refractivity contribution in [1.82, 2.24) is 19.5 Å². The van der Waals surface area contributed by atoms with Crippen LogP contribution in [0.4, 0.5) is 13.2 Å². The number of alkyl halides is 3. The monoisotopic (exact) mass is 318 g/mol. The minimum Gasteiger partial charge on any atom is -0.345 e. The minimum atomic E-state index is -4.46. The Morgan fingerprint density at radius 2 is 1.87 bits per heavy atom. The molecule has 4 rings (SSSR count). The summed E-state index contributed by atoms with van der Waals surface area (Å²) in [5.74, 6) is 0. The van der Waals surface area contributed by atoms with Crippen molar-refractivity contribution in [3.05, 3.63) is 58.8 Å². The van der Waals surface area contributed by atoms with E-state index in [0.29, 0.717) is 11.2 Å². The van der Waals surface area contributed by atoms with Gasteiger partial charge in [-0.1, -0.05) is 0 Å². The summed E-state index contributed by atoms with van der Waals surface area (Å²) in [7, 11) is 0. The molecule has 0 aliphatic carbocycles. The van der Waals surface area contributed by atoms with Gasteiger partial charge >= 0.3 is 11.9 Å². The van der Waals surface area contributed by atoms with Crippen molar-refractivity contribution in [3.63, 3.8) is 0 Å². The first-order chi connectivity index (χ1) is 10.9. The van der Waals surface area contributed by atoms with E-state index in [9.17, 15) is 18.0 Å². The van der Waals surface area contributed by atoms with E-state index in [1.54, 1.807) is 18.2 Å². The fraction of sp³-hybridized carbons (Fsp3) is 0.0667. The molecule has 0 radical (unpaired) electrons. The van der Waals surface area contributed by atoms with Gasteiger partial charge in [-0.3, -0.25) is 4.57 Å². The fourth-order valence-corrected chi connectivity index (χ4v) is 2.61. The first-order valence-electron chi connectivity index (χ1n) is 6.69. The van der Waals surface area contributed by atoms with Crippen LogP contribution >= 0.6 is 0 Å². The Bertz CT molecular complexity index is 1090. The summed E-state index contributed by atoms with van der Waals surface area (Å²) in [6.45, 7) is 0. The molecule has 2 N–H and O–H groups in total. The predicted octanol–water partition coefficient (Wildman–Crippen LogP) is 3.21. The van der Waals surface area contributed by atoms with Crippen molar-refractivity contribution in [3.8, 4) is 5.69 Å². The molecule has 2 aromatic heterocycles. The number of halogens is 3. The quantitative estimate of drug-likeness (QED) is 0.566. The molecule has 0 aliphatic rings. The Kier molecular flexibility index (Phi) is 2.65. The van der Waals surface area contributed by atoms with Crippen LogP contribution in [0, 0.1) is 0 Å². The average molecular weight is 318 g/mol. The lowest BCUT2D eigenvalue weighted by molar-refractivity contribution is -0.137. The highest BCUT2D eigenvalue weighted by Crippen LogP contribution is 2.31. The topological polar surface area (TPSA) is 66.5 Å². The molecule has 2 heterocycles. The standard InChI is InChI=1S/C15H9F3N4O/c16-15(17,18)8-1-4-13-12(5-8)21-14(23)22(13)9-2-3-10-11(6-9)20-7-19-10/h1-7H,(H,19,20)(H,21,23). The van der Waals surface area contributed by atoms with Gasteiger partial charge in [0.25, 0.3) is 0 Å². The maximum Gasteiger partial charge on any atom is 0.416 e. The van der Waals surface area contributed by atoms with Crippen LogP contribution in [0.25, 0.3) is 27.8 Å². The zero-order valence-corrected chi connectivity index (χ0v) is 11.5. The second-order valence-electron chi connectivity index (χ2n) is 5.10. The molecule has 0 amide bonds. The van der Waals surface area contributed by atoms with Gasteiger partial charge in [-0.15, -0.1) is 0 Å². The SMILES string of the molecule is O=c1[nH]c2cc(C(F)(F)F)ccc2n1-c1ccc2nc[nH]c2c1. The summed E-state index contributed by atoms with van der Waals surface area (Å²) in [6.07, 6.45) is -2.93. The molecule has 8 heteroatoms. The average Bonchev–Trinajstić information content (AvgIpc) is 3.07. The summed E-state index contributed by atoms with van der Waals surface area (Å²) >= 11 is 0. The zero-order valence-electron chi connectivity index (χ0n) is 11.5. The van der Waals surface area contributed by atoms with Crippen molar-refractivity contribution < 1.29 is 13.2 Å². The van der Waals surface area contributed by atoms with E-state index in [4.69, 9.17) is 0 Å². The van der Waals surface area contributed by atoms with E-state index < -0.39 is 17.4 Å². The van der Waals surface area contributed by atoms with Gasteiger partial charge in [-0.25, -0.2) is 9.78 Å². The van der Waals surface area contributed by atoms with Crippen molar-refractivity contribution in [2.75, 3.05) is 0 Å². The fourth-order valence-electron chi connectivity index (χ4n) is 2.61. The number of aromatic amines is 2. The van der Waals surface area contributed by atoms with Gasteiger partial charge in [0.1, 0.15) is 0 Å². The molecule has 0 spiro atoms. The highest BCUT2D eigenvalue weighted by molar-refractivity contribution is 5.81. The third-order valence-electron chi connectivity index (χ3n) is 3.67. The molecule has 0 unspecified atom stereocenters. The van der Waals surface area contributed by atoms with Gasteiger partial charge in [0.2, 0.25) is 0 Å². The van der Waals surface area contributed by atoms with E-state index in [0.717, 1.165) is 23.2 Å².